The Bertz CT molecular complexity index is 922. The molecule has 4 saturated carbocycles. The highest BCUT2D eigenvalue weighted by Crippen LogP contribution is 2.60. The van der Waals surface area contributed by atoms with E-state index in [1.54, 1.807) is 0 Å². The Morgan fingerprint density at radius 3 is 2.23 bits per heavy atom. The molecule has 1 N–H and O–H groups in total. The van der Waals surface area contributed by atoms with Crippen molar-refractivity contribution in [3.63, 3.8) is 0 Å². The average molecular weight is 419 g/mol. The number of benzene rings is 1. The molecule has 5 nitrogen and oxygen atoms in total. The number of carbonyl (C=O) groups excluding carboxylic acids is 1. The van der Waals surface area contributed by atoms with Gasteiger partial charge in [-0.25, -0.2) is 4.68 Å². The lowest BCUT2D eigenvalue weighted by molar-refractivity contribution is -0.00772. The molecule has 2 aromatic rings. The number of nitrogens with zero attached hydrogens (tertiary/aromatic N) is 3. The van der Waals surface area contributed by atoms with Crippen LogP contribution in [0.25, 0.3) is 5.69 Å². The van der Waals surface area contributed by atoms with Crippen molar-refractivity contribution in [1.29, 1.82) is 0 Å². The fraction of sp³-hybridized carbons (Fsp3) is 0.615. The van der Waals surface area contributed by atoms with Crippen LogP contribution < -0.4 is 5.32 Å². The standard InChI is InChI=1S/C26H34N4O/c1-29-9-7-21(8-10-29)27-25(31)23-17-30(22-5-3-2-4-6-22)28-24(23)26-14-18-11-19(15-26)13-20(12-18)16-26/h2-6,17-21H,7-16H2,1H3,(H,27,31). The highest BCUT2D eigenvalue weighted by Gasteiger charge is 2.54. The van der Waals surface area contributed by atoms with Crippen LogP contribution in [-0.2, 0) is 5.41 Å². The summed E-state index contributed by atoms with van der Waals surface area (Å²) in [5, 5.41) is 8.52. The van der Waals surface area contributed by atoms with Gasteiger partial charge in [0.2, 0.25) is 0 Å². The van der Waals surface area contributed by atoms with E-state index in [4.69, 9.17) is 5.10 Å². The lowest BCUT2D eigenvalue weighted by Crippen LogP contribution is -2.50. The van der Waals surface area contributed by atoms with Crippen LogP contribution in [0.5, 0.6) is 0 Å². The fourth-order valence-electron chi connectivity index (χ4n) is 7.46. The van der Waals surface area contributed by atoms with E-state index in [-0.39, 0.29) is 17.4 Å². The maximum Gasteiger partial charge on any atom is 0.255 e. The monoisotopic (exact) mass is 418 g/mol. The molecule has 5 aliphatic rings. The third-order valence-corrected chi connectivity index (χ3v) is 8.57. The summed E-state index contributed by atoms with van der Waals surface area (Å²) in [6.45, 7) is 2.10. The molecule has 2 heterocycles. The molecule has 0 atom stereocenters. The largest absolute Gasteiger partial charge is 0.349 e. The van der Waals surface area contributed by atoms with Gasteiger partial charge in [-0.2, -0.15) is 5.10 Å². The number of rotatable bonds is 4. The number of piperidine rings is 1. The van der Waals surface area contributed by atoms with Crippen molar-refractivity contribution in [2.75, 3.05) is 20.1 Å². The second-order valence-electron chi connectivity index (χ2n) is 10.9. The fourth-order valence-corrected chi connectivity index (χ4v) is 7.46. The summed E-state index contributed by atoms with van der Waals surface area (Å²) < 4.78 is 1.96. The normalized spacial score (nSPS) is 33.0. The maximum atomic E-state index is 13.6. The van der Waals surface area contributed by atoms with Gasteiger partial charge in [0.15, 0.2) is 0 Å². The first-order valence-electron chi connectivity index (χ1n) is 12.2. The van der Waals surface area contributed by atoms with Crippen molar-refractivity contribution in [3.8, 4) is 5.69 Å². The summed E-state index contributed by atoms with van der Waals surface area (Å²) in [6.07, 6.45) is 11.9. The maximum absolute atomic E-state index is 13.6. The Morgan fingerprint density at radius 1 is 1.00 bits per heavy atom. The van der Waals surface area contributed by atoms with E-state index in [9.17, 15) is 4.79 Å². The topological polar surface area (TPSA) is 50.2 Å². The molecule has 5 fully saturated rings. The number of hydrogen-bond acceptors (Lipinski definition) is 3. The van der Waals surface area contributed by atoms with E-state index < -0.39 is 0 Å². The molecule has 1 amide bonds. The van der Waals surface area contributed by atoms with Crippen LogP contribution >= 0.6 is 0 Å². The summed E-state index contributed by atoms with van der Waals surface area (Å²) in [7, 11) is 2.16. The summed E-state index contributed by atoms with van der Waals surface area (Å²) in [4.78, 5) is 15.9. The van der Waals surface area contributed by atoms with Gasteiger partial charge in [0.1, 0.15) is 0 Å². The Labute approximate surface area is 185 Å². The van der Waals surface area contributed by atoms with Crippen LogP contribution in [-0.4, -0.2) is 46.8 Å². The number of nitrogens with one attached hydrogen (secondary N) is 1. The van der Waals surface area contributed by atoms with Crippen LogP contribution in [0.2, 0.25) is 0 Å². The minimum absolute atomic E-state index is 0.0856. The molecular formula is C26H34N4O. The first-order chi connectivity index (χ1) is 15.1. The van der Waals surface area contributed by atoms with Crippen molar-refractivity contribution in [2.45, 2.75) is 62.8 Å². The van der Waals surface area contributed by atoms with Crippen molar-refractivity contribution >= 4 is 5.91 Å². The van der Waals surface area contributed by atoms with Crippen LogP contribution in [0.15, 0.2) is 36.5 Å². The molecule has 0 radical (unpaired) electrons. The predicted molar refractivity (Wildman–Crippen MR) is 121 cm³/mol. The summed E-state index contributed by atoms with van der Waals surface area (Å²) >= 11 is 0. The van der Waals surface area contributed by atoms with E-state index >= 15 is 0 Å². The van der Waals surface area contributed by atoms with Crippen LogP contribution in [0.1, 0.15) is 67.4 Å². The van der Waals surface area contributed by atoms with E-state index in [2.05, 4.69) is 29.4 Å². The molecule has 164 valence electrons. The summed E-state index contributed by atoms with van der Waals surface area (Å²) in [5.41, 5.74) is 3.05. The third kappa shape index (κ3) is 3.51. The van der Waals surface area contributed by atoms with Crippen LogP contribution in [0.3, 0.4) is 0 Å². The number of amides is 1. The number of aromatic nitrogens is 2. The van der Waals surface area contributed by atoms with E-state index in [0.717, 1.165) is 60.6 Å². The zero-order valence-electron chi connectivity index (χ0n) is 18.6. The van der Waals surface area contributed by atoms with Gasteiger partial charge in [-0.05, 0) is 101 Å². The number of para-hydroxylation sites is 1. The highest BCUT2D eigenvalue weighted by atomic mass is 16.1. The van der Waals surface area contributed by atoms with Crippen molar-refractivity contribution < 1.29 is 4.79 Å². The first-order valence-corrected chi connectivity index (χ1v) is 12.2. The zero-order valence-corrected chi connectivity index (χ0v) is 18.6. The molecule has 1 aromatic carbocycles. The number of hydrogen-bond donors (Lipinski definition) is 1. The van der Waals surface area contributed by atoms with Gasteiger partial charge in [0, 0.05) is 17.7 Å². The highest BCUT2D eigenvalue weighted by molar-refractivity contribution is 5.95. The second-order valence-corrected chi connectivity index (χ2v) is 10.9. The van der Waals surface area contributed by atoms with Crippen molar-refractivity contribution in [2.24, 2.45) is 17.8 Å². The van der Waals surface area contributed by atoms with E-state index in [0.29, 0.717) is 0 Å². The minimum atomic E-state index is 0.0856. The van der Waals surface area contributed by atoms with Crippen LogP contribution in [0.4, 0.5) is 0 Å². The van der Waals surface area contributed by atoms with Gasteiger partial charge in [0.25, 0.3) is 5.91 Å². The Hall–Kier alpha value is -2.14. The van der Waals surface area contributed by atoms with Crippen LogP contribution in [0, 0.1) is 17.8 Å². The molecule has 0 spiro atoms. The van der Waals surface area contributed by atoms with Crippen molar-refractivity contribution in [3.05, 3.63) is 47.8 Å². The summed E-state index contributed by atoms with van der Waals surface area (Å²) in [5.74, 6) is 2.58. The molecule has 4 aliphatic carbocycles. The molecule has 0 unspecified atom stereocenters. The SMILES string of the molecule is CN1CCC(NC(=O)c2cn(-c3ccccc3)nc2C23CC4CC(CC(C4)C2)C3)CC1. The van der Waals surface area contributed by atoms with Gasteiger partial charge in [-0.3, -0.25) is 4.79 Å². The van der Waals surface area contributed by atoms with Gasteiger partial charge >= 0.3 is 0 Å². The van der Waals surface area contributed by atoms with E-state index in [1.807, 2.05) is 29.1 Å². The Balaban J connectivity index is 1.36. The molecule has 4 bridgehead atoms. The van der Waals surface area contributed by atoms with Crippen molar-refractivity contribution in [1.82, 2.24) is 20.0 Å². The molecule has 1 aliphatic heterocycles. The number of carbonyl (C=O) groups is 1. The lowest BCUT2D eigenvalue weighted by Gasteiger charge is -2.56. The van der Waals surface area contributed by atoms with Gasteiger partial charge in [-0.1, -0.05) is 18.2 Å². The molecule has 7 rings (SSSR count). The Kier molecular flexibility index (Phi) is 4.71. The van der Waals surface area contributed by atoms with E-state index in [1.165, 1.54) is 38.5 Å². The average Bonchev–Trinajstić information content (AvgIpc) is 3.22. The second kappa shape index (κ2) is 7.47. The molecular weight excluding hydrogens is 384 g/mol. The summed E-state index contributed by atoms with van der Waals surface area (Å²) in [6, 6.07) is 10.5. The minimum Gasteiger partial charge on any atom is -0.349 e. The molecule has 1 saturated heterocycles. The van der Waals surface area contributed by atoms with Gasteiger partial charge in [0.05, 0.1) is 16.9 Å². The van der Waals surface area contributed by atoms with Gasteiger partial charge in [-0.15, -0.1) is 0 Å². The third-order valence-electron chi connectivity index (χ3n) is 8.57. The smallest absolute Gasteiger partial charge is 0.255 e. The predicted octanol–water partition coefficient (Wildman–Crippen LogP) is 4.16. The lowest BCUT2D eigenvalue weighted by atomic mass is 9.48. The quantitative estimate of drug-likeness (QED) is 0.811. The van der Waals surface area contributed by atoms with Gasteiger partial charge < -0.3 is 10.2 Å². The Morgan fingerprint density at radius 2 is 1.61 bits per heavy atom. The molecule has 1 aromatic heterocycles. The molecule has 5 heteroatoms. The number of likely N-dealkylation sites (tertiary alicyclic amines) is 1. The zero-order chi connectivity index (χ0) is 21.0. The first kappa shape index (κ1) is 19.5. The molecule has 31 heavy (non-hydrogen) atoms.